The maximum absolute atomic E-state index is 13.3. The summed E-state index contributed by atoms with van der Waals surface area (Å²) in [7, 11) is 3.23. The number of hydrogen-bond acceptors (Lipinski definition) is 5. The second-order valence-corrected chi connectivity index (χ2v) is 9.91. The SMILES string of the molecule is C=CC(F)(F)CCO/C(C)=C(/C=C\CC(=O)N(C[C@@H]1C=NC[C@H]1CN(C)C(=O)Cc1ccccc1)C(=C)C)OC. The highest BCUT2D eigenvalue weighted by Crippen LogP contribution is 2.23. The van der Waals surface area contributed by atoms with Gasteiger partial charge in [-0.15, -0.1) is 0 Å². The van der Waals surface area contributed by atoms with Crippen molar-refractivity contribution in [3.05, 3.63) is 84.5 Å². The van der Waals surface area contributed by atoms with Crippen LogP contribution in [0.3, 0.4) is 0 Å². The third-order valence-electron chi connectivity index (χ3n) is 6.71. The molecule has 1 aromatic carbocycles. The quantitative estimate of drug-likeness (QED) is 0.155. The summed E-state index contributed by atoms with van der Waals surface area (Å²) < 4.78 is 37.3. The molecule has 9 heteroatoms. The summed E-state index contributed by atoms with van der Waals surface area (Å²) in [6.07, 6.45) is 5.59. The molecular weight excluding hydrogens is 516 g/mol. The van der Waals surface area contributed by atoms with Crippen LogP contribution in [0.1, 0.15) is 32.3 Å². The molecule has 0 aliphatic carbocycles. The molecule has 0 unspecified atom stereocenters. The van der Waals surface area contributed by atoms with Crippen molar-refractivity contribution < 1.29 is 27.8 Å². The molecule has 218 valence electrons. The minimum Gasteiger partial charge on any atom is -0.494 e. The van der Waals surface area contributed by atoms with Gasteiger partial charge in [-0.1, -0.05) is 49.6 Å². The molecule has 0 aromatic heterocycles. The van der Waals surface area contributed by atoms with E-state index in [1.165, 1.54) is 7.11 Å². The molecule has 0 saturated carbocycles. The molecule has 1 aliphatic rings. The number of likely N-dealkylation sites (N-methyl/N-ethyl adjacent to an activating group) is 1. The van der Waals surface area contributed by atoms with Gasteiger partial charge >= 0.3 is 0 Å². The second-order valence-electron chi connectivity index (χ2n) is 9.91. The summed E-state index contributed by atoms with van der Waals surface area (Å²) in [6, 6.07) is 9.62. The Labute approximate surface area is 236 Å². The fourth-order valence-corrected chi connectivity index (χ4v) is 4.24. The summed E-state index contributed by atoms with van der Waals surface area (Å²) in [4.78, 5) is 33.6. The Morgan fingerprint density at radius 2 is 1.88 bits per heavy atom. The van der Waals surface area contributed by atoms with Gasteiger partial charge in [0.2, 0.25) is 11.8 Å². The van der Waals surface area contributed by atoms with Crippen molar-refractivity contribution in [2.45, 2.75) is 39.0 Å². The van der Waals surface area contributed by atoms with Crippen molar-refractivity contribution in [2.24, 2.45) is 16.8 Å². The van der Waals surface area contributed by atoms with Crippen molar-refractivity contribution >= 4 is 18.0 Å². The lowest BCUT2D eigenvalue weighted by atomic mass is 9.94. The maximum Gasteiger partial charge on any atom is 0.269 e. The first kappa shape index (κ1) is 32.5. The van der Waals surface area contributed by atoms with Gasteiger partial charge in [0.25, 0.3) is 5.92 Å². The monoisotopic (exact) mass is 557 g/mol. The van der Waals surface area contributed by atoms with E-state index in [1.54, 1.807) is 42.8 Å². The second kappa shape index (κ2) is 15.7. The molecule has 1 aromatic rings. The molecule has 40 heavy (non-hydrogen) atoms. The number of nitrogens with zero attached hydrogens (tertiary/aromatic N) is 3. The van der Waals surface area contributed by atoms with E-state index in [0.717, 1.165) is 5.56 Å². The number of methoxy groups -OCH3 is 1. The van der Waals surface area contributed by atoms with Crippen molar-refractivity contribution in [3.8, 4) is 0 Å². The topological polar surface area (TPSA) is 71.4 Å². The van der Waals surface area contributed by atoms with Gasteiger partial charge in [0.05, 0.1) is 20.1 Å². The number of rotatable bonds is 16. The van der Waals surface area contributed by atoms with E-state index >= 15 is 0 Å². The van der Waals surface area contributed by atoms with Gasteiger partial charge in [-0.05, 0) is 31.6 Å². The Morgan fingerprint density at radius 1 is 1.18 bits per heavy atom. The van der Waals surface area contributed by atoms with Gasteiger partial charge in [0.1, 0.15) is 5.76 Å². The highest BCUT2D eigenvalue weighted by molar-refractivity contribution is 5.80. The van der Waals surface area contributed by atoms with Crippen LogP contribution < -0.4 is 0 Å². The van der Waals surface area contributed by atoms with Gasteiger partial charge < -0.3 is 19.3 Å². The first-order valence-electron chi connectivity index (χ1n) is 13.3. The molecule has 0 fully saturated rings. The Kier molecular flexibility index (Phi) is 12.8. The molecule has 7 nitrogen and oxygen atoms in total. The largest absolute Gasteiger partial charge is 0.494 e. The molecule has 0 N–H and O–H groups in total. The van der Waals surface area contributed by atoms with Gasteiger partial charge in [-0.3, -0.25) is 14.6 Å². The van der Waals surface area contributed by atoms with Crippen LogP contribution in [0.5, 0.6) is 0 Å². The predicted molar refractivity (Wildman–Crippen MR) is 154 cm³/mol. The van der Waals surface area contributed by atoms with Crippen LogP contribution in [-0.2, 0) is 25.5 Å². The fourth-order valence-electron chi connectivity index (χ4n) is 4.24. The lowest BCUT2D eigenvalue weighted by Crippen LogP contribution is -2.40. The number of halogens is 2. The van der Waals surface area contributed by atoms with Gasteiger partial charge in [0.15, 0.2) is 5.76 Å². The van der Waals surface area contributed by atoms with Crippen LogP contribution >= 0.6 is 0 Å². The number of hydrogen-bond donors (Lipinski definition) is 0. The molecule has 0 bridgehead atoms. The molecule has 2 rings (SSSR count). The normalized spacial score (nSPS) is 17.4. The summed E-state index contributed by atoms with van der Waals surface area (Å²) in [5.74, 6) is -2.39. The number of alkyl halides is 2. The van der Waals surface area contributed by atoms with E-state index < -0.39 is 12.3 Å². The molecule has 2 atom stereocenters. The Bertz CT molecular complexity index is 1110. The number of amides is 2. The molecule has 0 spiro atoms. The third kappa shape index (κ3) is 10.4. The first-order chi connectivity index (χ1) is 19.0. The minimum absolute atomic E-state index is 0.0182. The molecule has 1 heterocycles. The highest BCUT2D eigenvalue weighted by atomic mass is 19.3. The number of carbonyl (C=O) groups is 2. The van der Waals surface area contributed by atoms with E-state index in [9.17, 15) is 18.4 Å². The molecule has 0 saturated heterocycles. The van der Waals surface area contributed by atoms with Gasteiger partial charge in [0, 0.05) is 63.3 Å². The molecule has 0 radical (unpaired) electrons. The van der Waals surface area contributed by atoms with Crippen LogP contribution in [-0.4, -0.2) is 74.1 Å². The van der Waals surface area contributed by atoms with Crippen molar-refractivity contribution in [3.63, 3.8) is 0 Å². The molecule has 1 aliphatic heterocycles. The Balaban J connectivity index is 1.94. The Hall–Kier alpha value is -3.75. The van der Waals surface area contributed by atoms with E-state index in [2.05, 4.69) is 18.2 Å². The number of carbonyl (C=O) groups excluding carboxylic acids is 2. The van der Waals surface area contributed by atoms with E-state index in [1.807, 2.05) is 36.5 Å². The lowest BCUT2D eigenvalue weighted by molar-refractivity contribution is -0.131. The lowest BCUT2D eigenvalue weighted by Gasteiger charge is -2.30. The van der Waals surface area contributed by atoms with E-state index in [-0.39, 0.29) is 36.7 Å². The third-order valence-corrected chi connectivity index (χ3v) is 6.71. The van der Waals surface area contributed by atoms with Crippen LogP contribution in [0, 0.1) is 11.8 Å². The summed E-state index contributed by atoms with van der Waals surface area (Å²) in [5, 5.41) is 0. The molecule has 2 amide bonds. The smallest absolute Gasteiger partial charge is 0.269 e. The Morgan fingerprint density at radius 3 is 2.50 bits per heavy atom. The van der Waals surface area contributed by atoms with Crippen LogP contribution in [0.4, 0.5) is 8.78 Å². The minimum atomic E-state index is -3.00. The summed E-state index contributed by atoms with van der Waals surface area (Å²) in [6.45, 7) is 11.8. The van der Waals surface area contributed by atoms with Crippen LogP contribution in [0.2, 0.25) is 0 Å². The van der Waals surface area contributed by atoms with E-state index in [0.29, 0.717) is 49.3 Å². The fraction of sp³-hybridized carbons (Fsp3) is 0.452. The van der Waals surface area contributed by atoms with Gasteiger partial charge in [-0.2, -0.15) is 0 Å². The summed E-state index contributed by atoms with van der Waals surface area (Å²) in [5.41, 5.74) is 1.57. The zero-order valence-corrected chi connectivity index (χ0v) is 23.9. The standard InChI is InChI=1S/C31H41F2N3O4/c1-7-31(32,33)16-17-40-24(4)28(39-6)14-11-15-29(37)36(23(2)3)22-27-20-34-19-26(27)21-35(5)30(38)18-25-12-9-8-10-13-25/h7-14,20,26-27H,1-2,15-19,21-22H2,3-6H3/b14-11-,28-24-/t26-,27-/m0/s1. The number of allylic oxidation sites excluding steroid dienone is 4. The zero-order chi connectivity index (χ0) is 29.7. The van der Waals surface area contributed by atoms with Crippen molar-refractivity contribution in [1.29, 1.82) is 0 Å². The average molecular weight is 558 g/mol. The first-order valence-corrected chi connectivity index (χ1v) is 13.3. The maximum atomic E-state index is 13.3. The number of ether oxygens (including phenoxy) is 2. The van der Waals surface area contributed by atoms with Crippen LogP contribution in [0.15, 0.2) is 83.9 Å². The molecular formula is C31H41F2N3O4. The van der Waals surface area contributed by atoms with Crippen molar-refractivity contribution in [2.75, 3.05) is 40.4 Å². The predicted octanol–water partition coefficient (Wildman–Crippen LogP) is 5.42. The zero-order valence-electron chi connectivity index (χ0n) is 23.9. The number of benzene rings is 1. The van der Waals surface area contributed by atoms with Gasteiger partial charge in [-0.25, -0.2) is 8.78 Å². The summed E-state index contributed by atoms with van der Waals surface area (Å²) >= 11 is 0. The average Bonchev–Trinajstić information content (AvgIpc) is 3.36. The highest BCUT2D eigenvalue weighted by Gasteiger charge is 2.30. The van der Waals surface area contributed by atoms with E-state index in [4.69, 9.17) is 9.47 Å². The van der Waals surface area contributed by atoms with Crippen molar-refractivity contribution in [1.82, 2.24) is 9.80 Å². The van der Waals surface area contributed by atoms with Crippen LogP contribution in [0.25, 0.3) is 0 Å². The number of aliphatic imine (C=N–C) groups is 1.